The fourth-order valence-electron chi connectivity index (χ4n) is 2.74. The molecule has 0 fully saturated rings. The molecule has 0 saturated heterocycles. The van der Waals surface area contributed by atoms with E-state index < -0.39 is 0 Å². The van der Waals surface area contributed by atoms with E-state index in [0.717, 1.165) is 30.1 Å². The number of thiophene rings is 1. The molecule has 0 aliphatic rings. The van der Waals surface area contributed by atoms with Crippen molar-refractivity contribution in [1.29, 1.82) is 0 Å². The van der Waals surface area contributed by atoms with E-state index in [-0.39, 0.29) is 0 Å². The van der Waals surface area contributed by atoms with Gasteiger partial charge in [-0.1, -0.05) is 42.5 Å². The molecule has 1 heterocycles. The van der Waals surface area contributed by atoms with Gasteiger partial charge in [0.2, 0.25) is 0 Å². The van der Waals surface area contributed by atoms with Gasteiger partial charge in [-0.05, 0) is 53.2 Å². The number of amidine groups is 1. The Morgan fingerprint density at radius 3 is 2.42 bits per heavy atom. The first kappa shape index (κ1) is 18.3. The summed E-state index contributed by atoms with van der Waals surface area (Å²) in [6, 6.07) is 20.5. The first-order valence-corrected chi connectivity index (χ1v) is 9.59. The minimum atomic E-state index is 0.563. The molecule has 0 atom stereocenters. The molecule has 1 aromatic heterocycles. The van der Waals surface area contributed by atoms with Gasteiger partial charge >= 0.3 is 0 Å². The molecule has 134 valence electrons. The predicted molar refractivity (Wildman–Crippen MR) is 111 cm³/mol. The molecule has 0 aliphatic heterocycles. The monoisotopic (exact) mass is 364 g/mol. The Hall–Kier alpha value is -2.47. The summed E-state index contributed by atoms with van der Waals surface area (Å²) in [6.07, 6.45) is 0.967. The molecule has 4 nitrogen and oxygen atoms in total. The second kappa shape index (κ2) is 9.29. The van der Waals surface area contributed by atoms with Crippen LogP contribution >= 0.6 is 11.3 Å². The summed E-state index contributed by atoms with van der Waals surface area (Å²) >= 11 is 1.60. The Labute approximate surface area is 158 Å². The second-order valence-corrected chi connectivity index (χ2v) is 6.99. The average Bonchev–Trinajstić information content (AvgIpc) is 3.22. The Kier molecular flexibility index (Phi) is 6.55. The normalized spacial score (nSPS) is 11.7. The van der Waals surface area contributed by atoms with Crippen molar-refractivity contribution < 1.29 is 0 Å². The van der Waals surface area contributed by atoms with E-state index in [9.17, 15) is 0 Å². The zero-order chi connectivity index (χ0) is 18.2. The van der Waals surface area contributed by atoms with Crippen LogP contribution in [0.1, 0.15) is 21.6 Å². The fourth-order valence-corrected chi connectivity index (χ4v) is 3.37. The summed E-state index contributed by atoms with van der Waals surface area (Å²) < 4.78 is 0. The molecule has 5 N–H and O–H groups in total. The molecule has 0 radical (unpaired) electrons. The highest BCUT2D eigenvalue weighted by molar-refractivity contribution is 7.12. The first-order valence-electron chi connectivity index (χ1n) is 8.71. The number of nitrogens with zero attached hydrogens (tertiary/aromatic N) is 1. The van der Waals surface area contributed by atoms with E-state index >= 15 is 0 Å². The van der Waals surface area contributed by atoms with Gasteiger partial charge in [-0.3, -0.25) is 0 Å². The van der Waals surface area contributed by atoms with Crippen molar-refractivity contribution >= 4 is 22.9 Å². The molecule has 3 rings (SSSR count). The van der Waals surface area contributed by atoms with Crippen LogP contribution in [0.4, 0.5) is 5.69 Å². The van der Waals surface area contributed by atoms with E-state index in [4.69, 9.17) is 11.5 Å². The summed E-state index contributed by atoms with van der Waals surface area (Å²) in [5.41, 5.74) is 16.4. The van der Waals surface area contributed by atoms with Gasteiger partial charge in [0, 0.05) is 13.1 Å². The Morgan fingerprint density at radius 2 is 1.73 bits per heavy atom. The van der Waals surface area contributed by atoms with Gasteiger partial charge in [-0.15, -0.1) is 11.3 Å². The zero-order valence-electron chi connectivity index (χ0n) is 14.7. The lowest BCUT2D eigenvalue weighted by Crippen LogP contribution is -2.18. The van der Waals surface area contributed by atoms with Gasteiger partial charge in [0.05, 0.1) is 10.6 Å². The third kappa shape index (κ3) is 5.02. The van der Waals surface area contributed by atoms with Crippen LogP contribution in [-0.2, 0) is 19.5 Å². The molecule has 3 aromatic rings. The molecular weight excluding hydrogens is 340 g/mol. The van der Waals surface area contributed by atoms with Crippen molar-refractivity contribution in [3.05, 3.63) is 87.6 Å². The molecule has 0 saturated carbocycles. The third-order valence-corrected chi connectivity index (χ3v) is 5.10. The van der Waals surface area contributed by atoms with Crippen molar-refractivity contribution in [2.24, 2.45) is 16.5 Å². The maximum Gasteiger partial charge on any atom is 0.141 e. The number of rotatable bonds is 8. The highest BCUT2D eigenvalue weighted by Gasteiger charge is 2.01. The van der Waals surface area contributed by atoms with Gasteiger partial charge in [-0.2, -0.15) is 0 Å². The van der Waals surface area contributed by atoms with Crippen LogP contribution < -0.4 is 16.8 Å². The van der Waals surface area contributed by atoms with Crippen LogP contribution in [0.15, 0.2) is 71.0 Å². The van der Waals surface area contributed by atoms with E-state index in [2.05, 4.69) is 40.6 Å². The maximum absolute atomic E-state index is 6.03. The van der Waals surface area contributed by atoms with E-state index in [1.807, 2.05) is 35.7 Å². The van der Waals surface area contributed by atoms with Gasteiger partial charge in [0.15, 0.2) is 0 Å². The van der Waals surface area contributed by atoms with Crippen LogP contribution in [0, 0.1) is 0 Å². The van der Waals surface area contributed by atoms with E-state index in [1.165, 1.54) is 16.7 Å². The molecule has 2 aromatic carbocycles. The summed E-state index contributed by atoms with van der Waals surface area (Å²) in [7, 11) is 0. The number of nitrogens with two attached hydrogens (primary N) is 2. The first-order chi connectivity index (χ1) is 12.8. The van der Waals surface area contributed by atoms with Crippen LogP contribution in [-0.4, -0.2) is 12.4 Å². The van der Waals surface area contributed by atoms with Crippen molar-refractivity contribution in [2.75, 3.05) is 6.54 Å². The Morgan fingerprint density at radius 1 is 0.962 bits per heavy atom. The highest BCUT2D eigenvalue weighted by atomic mass is 32.1. The summed E-state index contributed by atoms with van der Waals surface area (Å²) in [5.74, 6) is 0.563. The standard InChI is InChI=1S/C21H24N4S/c22-14-17-4-1-2-5-18(17)15-24-12-11-16-7-9-19(10-8-16)25-21(23)20-6-3-13-26-20/h1-10,13,24H,11-12,14-15,22H2,(H2,23,25). The fraction of sp³-hybridized carbons (Fsp3) is 0.190. The third-order valence-electron chi connectivity index (χ3n) is 4.20. The molecule has 0 aliphatic carbocycles. The number of aliphatic imine (C=N–C) groups is 1. The Bertz CT molecular complexity index is 839. The smallest absolute Gasteiger partial charge is 0.141 e. The van der Waals surface area contributed by atoms with Gasteiger partial charge < -0.3 is 16.8 Å². The largest absolute Gasteiger partial charge is 0.383 e. The topological polar surface area (TPSA) is 76.4 Å². The molecule has 0 spiro atoms. The van der Waals surface area contributed by atoms with E-state index in [1.54, 1.807) is 11.3 Å². The second-order valence-electron chi connectivity index (χ2n) is 6.04. The number of hydrogen-bond acceptors (Lipinski definition) is 4. The lowest BCUT2D eigenvalue weighted by Gasteiger charge is -2.09. The van der Waals surface area contributed by atoms with Gasteiger partial charge in [0.25, 0.3) is 0 Å². The van der Waals surface area contributed by atoms with Crippen molar-refractivity contribution in [3.63, 3.8) is 0 Å². The average molecular weight is 365 g/mol. The maximum atomic E-state index is 6.03. The molecule has 0 bridgehead atoms. The molecular formula is C21H24N4S. The summed E-state index contributed by atoms with van der Waals surface area (Å²) in [4.78, 5) is 5.47. The Balaban J connectivity index is 1.49. The number of nitrogens with one attached hydrogen (secondary N) is 1. The lowest BCUT2D eigenvalue weighted by molar-refractivity contribution is 0.682. The highest BCUT2D eigenvalue weighted by Crippen LogP contribution is 2.16. The predicted octanol–water partition coefficient (Wildman–Crippen LogP) is 3.58. The number of hydrogen-bond donors (Lipinski definition) is 3. The summed E-state index contributed by atoms with van der Waals surface area (Å²) in [6.45, 7) is 2.33. The minimum Gasteiger partial charge on any atom is -0.383 e. The van der Waals surface area contributed by atoms with Crippen LogP contribution in [0.25, 0.3) is 0 Å². The lowest BCUT2D eigenvalue weighted by atomic mass is 10.1. The SMILES string of the molecule is NCc1ccccc1CNCCc1ccc(N=C(N)c2cccs2)cc1. The van der Waals surface area contributed by atoms with Crippen LogP contribution in [0.3, 0.4) is 0 Å². The molecule has 0 unspecified atom stereocenters. The van der Waals surface area contributed by atoms with Gasteiger partial charge in [-0.25, -0.2) is 4.99 Å². The van der Waals surface area contributed by atoms with Crippen molar-refractivity contribution in [3.8, 4) is 0 Å². The van der Waals surface area contributed by atoms with Crippen molar-refractivity contribution in [2.45, 2.75) is 19.5 Å². The van der Waals surface area contributed by atoms with Crippen LogP contribution in [0.2, 0.25) is 0 Å². The quantitative estimate of drug-likeness (QED) is 0.325. The zero-order valence-corrected chi connectivity index (χ0v) is 15.5. The van der Waals surface area contributed by atoms with Crippen molar-refractivity contribution in [1.82, 2.24) is 5.32 Å². The van der Waals surface area contributed by atoms with Crippen LogP contribution in [0.5, 0.6) is 0 Å². The van der Waals surface area contributed by atoms with Gasteiger partial charge in [0.1, 0.15) is 5.84 Å². The van der Waals surface area contributed by atoms with E-state index in [0.29, 0.717) is 12.4 Å². The number of benzene rings is 2. The minimum absolute atomic E-state index is 0.563. The molecule has 5 heteroatoms. The molecule has 26 heavy (non-hydrogen) atoms. The molecule has 0 amide bonds. The summed E-state index contributed by atoms with van der Waals surface area (Å²) in [5, 5.41) is 5.49.